The van der Waals surface area contributed by atoms with Crippen molar-refractivity contribution in [1.29, 1.82) is 0 Å². The number of hydrogen-bond donors (Lipinski definition) is 1. The number of likely N-dealkylation sites (tertiary alicyclic amines) is 1. The highest BCUT2D eigenvalue weighted by Gasteiger charge is 2.45. The average Bonchev–Trinajstić information content (AvgIpc) is 2.64. The molecule has 2 amide bonds. The Morgan fingerprint density at radius 2 is 1.66 bits per heavy atom. The van der Waals surface area contributed by atoms with E-state index in [4.69, 9.17) is 4.74 Å². The van der Waals surface area contributed by atoms with Gasteiger partial charge in [0.2, 0.25) is 5.91 Å². The summed E-state index contributed by atoms with van der Waals surface area (Å²) < 4.78 is 5.44. The first kappa shape index (κ1) is 22.7. The van der Waals surface area contributed by atoms with Crippen molar-refractivity contribution in [3.63, 3.8) is 0 Å². The van der Waals surface area contributed by atoms with Gasteiger partial charge in [0.1, 0.15) is 5.60 Å². The summed E-state index contributed by atoms with van der Waals surface area (Å²) in [7, 11) is 0. The number of nitrogens with one attached hydrogen (secondary N) is 1. The Balaban J connectivity index is 2.25. The molecule has 7 heteroatoms. The molecule has 0 unspecified atom stereocenters. The Labute approximate surface area is 172 Å². The molecular formula is C22H31N2O5-. The van der Waals surface area contributed by atoms with Gasteiger partial charge in [0.05, 0.1) is 17.4 Å². The van der Waals surface area contributed by atoms with Gasteiger partial charge in [-0.1, -0.05) is 44.2 Å². The van der Waals surface area contributed by atoms with Gasteiger partial charge in [-0.15, -0.1) is 0 Å². The lowest BCUT2D eigenvalue weighted by molar-refractivity contribution is -0.309. The van der Waals surface area contributed by atoms with E-state index in [9.17, 15) is 19.5 Å². The van der Waals surface area contributed by atoms with E-state index in [1.54, 1.807) is 18.7 Å². The van der Waals surface area contributed by atoms with Crippen molar-refractivity contribution in [2.24, 2.45) is 5.92 Å². The second-order valence-corrected chi connectivity index (χ2v) is 8.93. The number of ether oxygens (including phenoxy) is 1. The fourth-order valence-electron chi connectivity index (χ4n) is 3.58. The van der Waals surface area contributed by atoms with Crippen LogP contribution in [0.15, 0.2) is 30.3 Å². The molecule has 1 aromatic rings. The number of carbonyl (C=O) groups excluding carboxylic acids is 3. The molecule has 0 aromatic heterocycles. The summed E-state index contributed by atoms with van der Waals surface area (Å²) in [5, 5.41) is 14.2. The first-order valence-electron chi connectivity index (χ1n) is 10.0. The maximum atomic E-state index is 13.3. The van der Waals surface area contributed by atoms with Gasteiger partial charge in [0.25, 0.3) is 0 Å². The van der Waals surface area contributed by atoms with Gasteiger partial charge < -0.3 is 24.9 Å². The molecule has 1 saturated heterocycles. The molecule has 0 bridgehead atoms. The van der Waals surface area contributed by atoms with Crippen molar-refractivity contribution in [1.82, 2.24) is 10.2 Å². The first-order chi connectivity index (χ1) is 13.5. The molecule has 1 aliphatic heterocycles. The van der Waals surface area contributed by atoms with Crippen LogP contribution in [0.4, 0.5) is 4.79 Å². The van der Waals surface area contributed by atoms with E-state index in [-0.39, 0.29) is 11.8 Å². The molecule has 2 rings (SSSR count). The van der Waals surface area contributed by atoms with E-state index in [1.165, 1.54) is 0 Å². The second-order valence-electron chi connectivity index (χ2n) is 8.93. The number of rotatable bonds is 5. The Bertz CT molecular complexity index is 731. The van der Waals surface area contributed by atoms with Gasteiger partial charge in [-0.3, -0.25) is 4.79 Å². The van der Waals surface area contributed by atoms with E-state index in [1.807, 2.05) is 51.1 Å². The van der Waals surface area contributed by atoms with Crippen LogP contribution < -0.4 is 10.4 Å². The lowest BCUT2D eigenvalue weighted by Gasteiger charge is -2.42. The quantitative estimate of drug-likeness (QED) is 0.809. The number of nitrogens with zero attached hydrogens (tertiary/aromatic N) is 1. The zero-order valence-electron chi connectivity index (χ0n) is 17.9. The van der Waals surface area contributed by atoms with Gasteiger partial charge in [-0.2, -0.15) is 0 Å². The summed E-state index contributed by atoms with van der Waals surface area (Å²) in [6.45, 7) is 9.56. The molecule has 0 spiro atoms. The van der Waals surface area contributed by atoms with Gasteiger partial charge in [-0.05, 0) is 45.1 Å². The summed E-state index contributed by atoms with van der Waals surface area (Å²) in [5.74, 6) is -1.96. The number of carbonyl (C=O) groups is 3. The highest BCUT2D eigenvalue weighted by Crippen LogP contribution is 2.36. The van der Waals surface area contributed by atoms with E-state index in [0.717, 1.165) is 5.56 Å². The number of aliphatic carboxylic acids is 1. The number of benzene rings is 1. The van der Waals surface area contributed by atoms with Gasteiger partial charge in [0, 0.05) is 13.1 Å². The zero-order chi connectivity index (χ0) is 21.8. The highest BCUT2D eigenvalue weighted by atomic mass is 16.6. The largest absolute Gasteiger partial charge is 0.548 e. The van der Waals surface area contributed by atoms with Crippen molar-refractivity contribution < 1.29 is 24.2 Å². The normalized spacial score (nSPS) is 17.5. The van der Waals surface area contributed by atoms with Crippen LogP contribution in [0.1, 0.15) is 53.0 Å². The Morgan fingerprint density at radius 1 is 1.10 bits per heavy atom. The molecule has 1 aliphatic rings. The predicted molar refractivity (Wildman–Crippen MR) is 107 cm³/mol. The topological polar surface area (TPSA) is 98.8 Å². The number of carboxylic acids is 1. The molecule has 1 N–H and O–H groups in total. The van der Waals surface area contributed by atoms with Crippen LogP contribution in [0.25, 0.3) is 0 Å². The molecule has 0 aliphatic carbocycles. The molecule has 1 heterocycles. The zero-order valence-corrected chi connectivity index (χ0v) is 17.9. The Morgan fingerprint density at radius 3 is 2.10 bits per heavy atom. The summed E-state index contributed by atoms with van der Waals surface area (Å²) in [5.41, 5.74) is -0.703. The lowest BCUT2D eigenvalue weighted by Crippen LogP contribution is -2.58. The fraction of sp³-hybridized carbons (Fsp3) is 0.591. The molecule has 160 valence electrons. The van der Waals surface area contributed by atoms with Crippen molar-refractivity contribution in [2.75, 3.05) is 13.1 Å². The van der Waals surface area contributed by atoms with Crippen LogP contribution in [0, 0.1) is 5.92 Å². The van der Waals surface area contributed by atoms with Crippen molar-refractivity contribution in [3.8, 4) is 0 Å². The lowest BCUT2D eigenvalue weighted by atomic mass is 9.71. The van der Waals surface area contributed by atoms with Crippen LogP contribution in [-0.2, 0) is 19.7 Å². The molecule has 1 atom stereocenters. The SMILES string of the molecule is CC(C)[C@@H](NC(=O)C1(c2ccccc2)CCN(C(=O)OC(C)(C)C)CC1)C(=O)[O-]. The summed E-state index contributed by atoms with van der Waals surface area (Å²) in [6, 6.07) is 8.22. The van der Waals surface area contributed by atoms with E-state index in [0.29, 0.717) is 25.9 Å². The molecule has 7 nitrogen and oxygen atoms in total. The average molecular weight is 403 g/mol. The maximum absolute atomic E-state index is 13.3. The standard InChI is InChI=1S/C22H32N2O5/c1-15(2)17(18(25)26)23-19(27)22(16-9-7-6-8-10-16)11-13-24(14-12-22)20(28)29-21(3,4)5/h6-10,15,17H,11-14H2,1-5H3,(H,23,27)(H,25,26)/p-1/t17-/m1/s1. The van der Waals surface area contributed by atoms with Gasteiger partial charge in [-0.25, -0.2) is 4.79 Å². The summed E-state index contributed by atoms with van der Waals surface area (Å²) >= 11 is 0. The summed E-state index contributed by atoms with van der Waals surface area (Å²) in [6.07, 6.45) is 0.342. The first-order valence-corrected chi connectivity index (χ1v) is 10.0. The smallest absolute Gasteiger partial charge is 0.410 e. The molecular weight excluding hydrogens is 372 g/mol. The third kappa shape index (κ3) is 5.49. The minimum atomic E-state index is -1.30. The predicted octanol–water partition coefficient (Wildman–Crippen LogP) is 1.85. The van der Waals surface area contributed by atoms with Crippen molar-refractivity contribution in [3.05, 3.63) is 35.9 Å². The molecule has 29 heavy (non-hydrogen) atoms. The van der Waals surface area contributed by atoms with Crippen molar-refractivity contribution >= 4 is 18.0 Å². The van der Waals surface area contributed by atoms with Crippen LogP contribution in [-0.4, -0.2) is 47.6 Å². The van der Waals surface area contributed by atoms with E-state index >= 15 is 0 Å². The van der Waals surface area contributed by atoms with Gasteiger partial charge in [0.15, 0.2) is 0 Å². The second kappa shape index (κ2) is 8.84. The number of hydrogen-bond acceptors (Lipinski definition) is 5. The Hall–Kier alpha value is -2.57. The van der Waals surface area contributed by atoms with Crippen molar-refractivity contribution in [2.45, 2.75) is 64.5 Å². The molecule has 0 radical (unpaired) electrons. The monoisotopic (exact) mass is 403 g/mol. The number of piperidine rings is 1. The van der Waals surface area contributed by atoms with Gasteiger partial charge >= 0.3 is 6.09 Å². The third-order valence-electron chi connectivity index (χ3n) is 5.24. The summed E-state index contributed by atoms with van der Waals surface area (Å²) in [4.78, 5) is 38.8. The van der Waals surface area contributed by atoms with Crippen LogP contribution in [0.5, 0.6) is 0 Å². The van der Waals surface area contributed by atoms with E-state index < -0.39 is 29.1 Å². The van der Waals surface area contributed by atoms with E-state index in [2.05, 4.69) is 5.32 Å². The maximum Gasteiger partial charge on any atom is 0.410 e. The molecule has 1 aromatic carbocycles. The number of carboxylic acid groups (broad SMARTS) is 1. The number of amides is 2. The van der Waals surface area contributed by atoms with Crippen LogP contribution in [0.3, 0.4) is 0 Å². The Kier molecular flexibility index (Phi) is 6.93. The third-order valence-corrected chi connectivity index (χ3v) is 5.24. The van der Waals surface area contributed by atoms with Crippen LogP contribution in [0.2, 0.25) is 0 Å². The molecule has 1 fully saturated rings. The minimum Gasteiger partial charge on any atom is -0.548 e. The fourth-order valence-corrected chi connectivity index (χ4v) is 3.58. The van der Waals surface area contributed by atoms with Crippen LogP contribution >= 0.6 is 0 Å². The molecule has 0 saturated carbocycles. The highest BCUT2D eigenvalue weighted by molar-refractivity contribution is 5.91. The minimum absolute atomic E-state index is 0.307.